The van der Waals surface area contributed by atoms with E-state index in [-0.39, 0.29) is 5.91 Å². The van der Waals surface area contributed by atoms with Gasteiger partial charge in [-0.1, -0.05) is 30.3 Å². The molecule has 0 bridgehead atoms. The summed E-state index contributed by atoms with van der Waals surface area (Å²) in [4.78, 5) is 17.2. The monoisotopic (exact) mass is 308 g/mol. The average molecular weight is 308 g/mol. The van der Waals surface area contributed by atoms with Crippen LogP contribution in [0.1, 0.15) is 5.56 Å². The number of carbonyl (C=O) groups is 1. The van der Waals surface area contributed by atoms with Gasteiger partial charge in [-0.25, -0.2) is 0 Å². The third kappa shape index (κ3) is 3.46. The molecule has 0 atom stereocenters. The van der Waals surface area contributed by atoms with Gasteiger partial charge in [-0.2, -0.15) is 0 Å². The zero-order chi connectivity index (χ0) is 15.4. The van der Waals surface area contributed by atoms with Crippen molar-refractivity contribution in [1.82, 2.24) is 4.98 Å². The Hall–Kier alpha value is -2.33. The van der Waals surface area contributed by atoms with Crippen molar-refractivity contribution in [3.05, 3.63) is 66.5 Å². The van der Waals surface area contributed by atoms with Crippen LogP contribution in [0.25, 0.3) is 10.8 Å². The van der Waals surface area contributed by atoms with Crippen molar-refractivity contribution in [2.45, 2.75) is 11.8 Å². The lowest BCUT2D eigenvalue weighted by Gasteiger charge is -2.07. The fraction of sp³-hybridized carbons (Fsp3) is 0.111. The fourth-order valence-corrected chi connectivity index (χ4v) is 2.93. The van der Waals surface area contributed by atoms with Gasteiger partial charge in [-0.15, -0.1) is 11.8 Å². The number of aryl methyl sites for hydroxylation is 1. The summed E-state index contributed by atoms with van der Waals surface area (Å²) in [6.45, 7) is 1.95. The van der Waals surface area contributed by atoms with E-state index in [4.69, 9.17) is 0 Å². The molecule has 4 heteroatoms. The van der Waals surface area contributed by atoms with Gasteiger partial charge >= 0.3 is 0 Å². The number of rotatable bonds is 4. The third-order valence-electron chi connectivity index (χ3n) is 3.40. The average Bonchev–Trinajstić information content (AvgIpc) is 2.55. The zero-order valence-electron chi connectivity index (χ0n) is 12.2. The van der Waals surface area contributed by atoms with Crippen molar-refractivity contribution in [3.8, 4) is 0 Å². The highest BCUT2D eigenvalue weighted by atomic mass is 32.2. The molecule has 0 fully saturated rings. The van der Waals surface area contributed by atoms with Crippen LogP contribution in [0.3, 0.4) is 0 Å². The number of hydrogen-bond donors (Lipinski definition) is 1. The summed E-state index contributed by atoms with van der Waals surface area (Å²) in [6, 6.07) is 16.3. The van der Waals surface area contributed by atoms with Crippen molar-refractivity contribution >= 4 is 34.1 Å². The number of thioether (sulfide) groups is 1. The highest BCUT2D eigenvalue weighted by Crippen LogP contribution is 2.24. The summed E-state index contributed by atoms with van der Waals surface area (Å²) in [5.74, 6) is 0.362. The van der Waals surface area contributed by atoms with Crippen molar-refractivity contribution in [2.24, 2.45) is 0 Å². The highest BCUT2D eigenvalue weighted by molar-refractivity contribution is 8.00. The number of anilines is 1. The minimum Gasteiger partial charge on any atom is -0.324 e. The SMILES string of the molecule is Cc1ccncc1NC(=O)CSc1ccc2ccccc2c1. The second-order valence-corrected chi connectivity index (χ2v) is 6.09. The Bertz CT molecular complexity index is 817. The summed E-state index contributed by atoms with van der Waals surface area (Å²) >= 11 is 1.54. The lowest BCUT2D eigenvalue weighted by atomic mass is 10.1. The van der Waals surface area contributed by atoms with Crippen LogP contribution in [0.2, 0.25) is 0 Å². The Labute approximate surface area is 133 Å². The maximum Gasteiger partial charge on any atom is 0.234 e. The first kappa shape index (κ1) is 14.6. The topological polar surface area (TPSA) is 42.0 Å². The van der Waals surface area contributed by atoms with Gasteiger partial charge in [0.1, 0.15) is 0 Å². The summed E-state index contributed by atoms with van der Waals surface area (Å²) in [6.07, 6.45) is 3.39. The van der Waals surface area contributed by atoms with Crippen LogP contribution in [0.15, 0.2) is 65.8 Å². The first-order valence-electron chi connectivity index (χ1n) is 7.04. The first-order valence-corrected chi connectivity index (χ1v) is 8.03. The molecule has 0 aliphatic carbocycles. The summed E-state index contributed by atoms with van der Waals surface area (Å²) in [7, 11) is 0. The Morgan fingerprint density at radius 2 is 1.95 bits per heavy atom. The zero-order valence-corrected chi connectivity index (χ0v) is 13.1. The summed E-state index contributed by atoms with van der Waals surface area (Å²) in [5, 5.41) is 5.30. The molecular formula is C18H16N2OS. The molecule has 1 heterocycles. The van der Waals surface area contributed by atoms with E-state index in [1.807, 2.05) is 25.1 Å². The van der Waals surface area contributed by atoms with E-state index in [9.17, 15) is 4.79 Å². The van der Waals surface area contributed by atoms with E-state index in [1.165, 1.54) is 22.5 Å². The van der Waals surface area contributed by atoms with Crippen LogP contribution in [0.5, 0.6) is 0 Å². The molecule has 0 saturated carbocycles. The van der Waals surface area contributed by atoms with Crippen LogP contribution < -0.4 is 5.32 Å². The number of nitrogens with one attached hydrogen (secondary N) is 1. The normalized spacial score (nSPS) is 10.6. The van der Waals surface area contributed by atoms with Gasteiger partial charge in [0, 0.05) is 11.1 Å². The molecule has 3 aromatic rings. The molecule has 0 spiro atoms. The second-order valence-electron chi connectivity index (χ2n) is 5.04. The number of amides is 1. The van der Waals surface area contributed by atoms with Crippen LogP contribution in [0, 0.1) is 6.92 Å². The maximum absolute atomic E-state index is 12.0. The van der Waals surface area contributed by atoms with Crippen molar-refractivity contribution in [2.75, 3.05) is 11.1 Å². The quantitative estimate of drug-likeness (QED) is 0.732. The van der Waals surface area contributed by atoms with Gasteiger partial charge in [-0.3, -0.25) is 9.78 Å². The van der Waals surface area contributed by atoms with Gasteiger partial charge in [0.25, 0.3) is 0 Å². The third-order valence-corrected chi connectivity index (χ3v) is 4.40. The molecule has 22 heavy (non-hydrogen) atoms. The van der Waals surface area contributed by atoms with Crippen molar-refractivity contribution < 1.29 is 4.79 Å². The number of aromatic nitrogens is 1. The molecule has 1 aromatic heterocycles. The molecule has 0 unspecified atom stereocenters. The van der Waals surface area contributed by atoms with E-state index in [1.54, 1.807) is 12.4 Å². The van der Waals surface area contributed by atoms with Gasteiger partial charge in [-0.05, 0) is 41.5 Å². The summed E-state index contributed by atoms with van der Waals surface area (Å²) in [5.41, 5.74) is 1.78. The molecule has 0 aliphatic rings. The molecule has 2 aromatic carbocycles. The van der Waals surface area contributed by atoms with E-state index >= 15 is 0 Å². The van der Waals surface area contributed by atoms with Crippen molar-refractivity contribution in [1.29, 1.82) is 0 Å². The molecule has 110 valence electrons. The lowest BCUT2D eigenvalue weighted by Crippen LogP contribution is -2.14. The van der Waals surface area contributed by atoms with E-state index in [2.05, 4.69) is 40.6 Å². The summed E-state index contributed by atoms with van der Waals surface area (Å²) < 4.78 is 0. The lowest BCUT2D eigenvalue weighted by molar-refractivity contribution is -0.113. The van der Waals surface area contributed by atoms with E-state index in [0.29, 0.717) is 5.75 Å². The van der Waals surface area contributed by atoms with Crippen LogP contribution in [-0.2, 0) is 4.79 Å². The minimum atomic E-state index is -0.0192. The second kappa shape index (κ2) is 6.62. The van der Waals surface area contributed by atoms with E-state index in [0.717, 1.165) is 16.1 Å². The van der Waals surface area contributed by atoms with Gasteiger partial charge in [0.05, 0.1) is 17.6 Å². The van der Waals surface area contributed by atoms with Crippen LogP contribution >= 0.6 is 11.8 Å². The Kier molecular flexibility index (Phi) is 4.39. The number of benzene rings is 2. The van der Waals surface area contributed by atoms with Gasteiger partial charge in [0.2, 0.25) is 5.91 Å². The standard InChI is InChI=1S/C18H16N2OS/c1-13-8-9-19-11-17(13)20-18(21)12-22-16-7-6-14-4-2-3-5-15(14)10-16/h2-11H,12H2,1H3,(H,20,21). The van der Waals surface area contributed by atoms with Gasteiger partial charge in [0.15, 0.2) is 0 Å². The Morgan fingerprint density at radius 3 is 2.77 bits per heavy atom. The Balaban J connectivity index is 1.63. The number of hydrogen-bond acceptors (Lipinski definition) is 3. The van der Waals surface area contributed by atoms with Crippen LogP contribution in [-0.4, -0.2) is 16.6 Å². The Morgan fingerprint density at radius 1 is 1.14 bits per heavy atom. The molecular weight excluding hydrogens is 292 g/mol. The molecule has 3 nitrogen and oxygen atoms in total. The molecule has 3 rings (SSSR count). The maximum atomic E-state index is 12.0. The molecule has 0 aliphatic heterocycles. The fourth-order valence-electron chi connectivity index (χ4n) is 2.19. The molecule has 1 amide bonds. The predicted octanol–water partition coefficient (Wildman–Crippen LogP) is 4.27. The van der Waals surface area contributed by atoms with E-state index < -0.39 is 0 Å². The molecule has 1 N–H and O–H groups in total. The number of fused-ring (bicyclic) bond motifs is 1. The predicted molar refractivity (Wildman–Crippen MR) is 92.3 cm³/mol. The van der Waals surface area contributed by atoms with Gasteiger partial charge < -0.3 is 5.32 Å². The number of nitrogens with zero attached hydrogens (tertiary/aromatic N) is 1. The smallest absolute Gasteiger partial charge is 0.234 e. The largest absolute Gasteiger partial charge is 0.324 e. The number of carbonyl (C=O) groups excluding carboxylic acids is 1. The molecule has 0 radical (unpaired) electrons. The first-order chi connectivity index (χ1) is 10.7. The van der Waals surface area contributed by atoms with Crippen molar-refractivity contribution in [3.63, 3.8) is 0 Å². The van der Waals surface area contributed by atoms with Crippen LogP contribution in [0.4, 0.5) is 5.69 Å². The number of pyridine rings is 1. The minimum absolute atomic E-state index is 0.0192. The highest BCUT2D eigenvalue weighted by Gasteiger charge is 2.06. The molecule has 0 saturated heterocycles.